The molecule has 0 fully saturated rings. The molecular weight excluding hydrogens is 228 g/mol. The molecule has 96 valence electrons. The maximum absolute atomic E-state index is 11.4. The first-order chi connectivity index (χ1) is 8.54. The summed E-state index contributed by atoms with van der Waals surface area (Å²) in [4.78, 5) is 11.4. The van der Waals surface area contributed by atoms with Gasteiger partial charge in [-0.2, -0.15) is 5.26 Å². The minimum atomic E-state index is -0.599. The van der Waals surface area contributed by atoms with Crippen molar-refractivity contribution in [3.8, 4) is 6.07 Å². The molecule has 0 N–H and O–H groups in total. The van der Waals surface area contributed by atoms with Crippen molar-refractivity contribution >= 4 is 12.0 Å². The molecule has 0 saturated heterocycles. The molecule has 4 nitrogen and oxygen atoms in total. The molecule has 0 aliphatic heterocycles. The van der Waals surface area contributed by atoms with Gasteiger partial charge in [0.1, 0.15) is 11.6 Å². The monoisotopic (exact) mass is 246 g/mol. The number of esters is 1. The molecule has 0 radical (unpaired) electrons. The minimum absolute atomic E-state index is 0.0225. The number of ether oxygens (including phenoxy) is 1. The number of nitrogens with zero attached hydrogens (tertiary/aromatic N) is 2. The Kier molecular flexibility index (Phi) is 4.73. The number of rotatable bonds is 4. The van der Waals surface area contributed by atoms with E-state index in [1.165, 1.54) is 7.11 Å². The molecule has 1 aromatic heterocycles. The van der Waals surface area contributed by atoms with E-state index in [1.54, 1.807) is 6.08 Å². The van der Waals surface area contributed by atoms with Crippen LogP contribution in [0.1, 0.15) is 30.3 Å². The van der Waals surface area contributed by atoms with Crippen LogP contribution in [0.25, 0.3) is 6.08 Å². The van der Waals surface area contributed by atoms with Crippen molar-refractivity contribution in [1.82, 2.24) is 4.57 Å². The Morgan fingerprint density at radius 1 is 1.56 bits per heavy atom. The Balaban J connectivity index is 3.19. The zero-order valence-electron chi connectivity index (χ0n) is 11.3. The molecule has 0 saturated carbocycles. The molecule has 0 aliphatic carbocycles. The minimum Gasteiger partial charge on any atom is -0.465 e. The van der Waals surface area contributed by atoms with Gasteiger partial charge in [-0.05, 0) is 38.0 Å². The Morgan fingerprint density at radius 3 is 2.72 bits per heavy atom. The molecule has 1 aromatic rings. The van der Waals surface area contributed by atoms with Crippen LogP contribution in [-0.4, -0.2) is 17.6 Å². The van der Waals surface area contributed by atoms with Crippen molar-refractivity contribution < 1.29 is 9.53 Å². The fourth-order valence-electron chi connectivity index (χ4n) is 1.94. The molecule has 0 amide bonds. The molecule has 1 heterocycles. The third-order valence-electron chi connectivity index (χ3n) is 2.89. The lowest BCUT2D eigenvalue weighted by molar-refractivity contribution is -0.135. The van der Waals surface area contributed by atoms with Gasteiger partial charge in [0.05, 0.1) is 7.11 Å². The molecule has 1 rings (SSSR count). The second kappa shape index (κ2) is 6.06. The Bertz CT molecular complexity index is 519. The highest BCUT2D eigenvalue weighted by Crippen LogP contribution is 2.18. The van der Waals surface area contributed by atoms with Crippen LogP contribution >= 0.6 is 0 Å². The predicted octanol–water partition coefficient (Wildman–Crippen LogP) is 2.59. The zero-order valence-corrected chi connectivity index (χ0v) is 11.3. The number of carbonyl (C=O) groups excluding carboxylic acids is 1. The number of aryl methyl sites for hydroxylation is 1. The summed E-state index contributed by atoms with van der Waals surface area (Å²) in [5, 5.41) is 8.93. The summed E-state index contributed by atoms with van der Waals surface area (Å²) in [6.07, 6.45) is 2.63. The normalized spacial score (nSPS) is 11.2. The number of hydrogen-bond acceptors (Lipinski definition) is 3. The van der Waals surface area contributed by atoms with E-state index in [1.807, 2.05) is 26.0 Å². The van der Waals surface area contributed by atoms with Crippen LogP contribution in [0.2, 0.25) is 0 Å². The third kappa shape index (κ3) is 2.80. The summed E-state index contributed by atoms with van der Waals surface area (Å²) >= 11 is 0. The maximum Gasteiger partial charge on any atom is 0.348 e. The third-order valence-corrected chi connectivity index (χ3v) is 2.89. The van der Waals surface area contributed by atoms with Crippen molar-refractivity contribution in [3.63, 3.8) is 0 Å². The van der Waals surface area contributed by atoms with Gasteiger partial charge in [-0.3, -0.25) is 0 Å². The van der Waals surface area contributed by atoms with Crippen molar-refractivity contribution in [2.45, 2.75) is 33.7 Å². The lowest BCUT2D eigenvalue weighted by Crippen LogP contribution is -2.03. The summed E-state index contributed by atoms with van der Waals surface area (Å²) in [5.74, 6) is -0.599. The van der Waals surface area contributed by atoms with E-state index in [-0.39, 0.29) is 5.57 Å². The topological polar surface area (TPSA) is 55.0 Å². The predicted molar refractivity (Wildman–Crippen MR) is 69.8 cm³/mol. The van der Waals surface area contributed by atoms with Gasteiger partial charge >= 0.3 is 5.97 Å². The van der Waals surface area contributed by atoms with Crippen LogP contribution in [0.15, 0.2) is 11.6 Å². The van der Waals surface area contributed by atoms with Gasteiger partial charge in [0.25, 0.3) is 0 Å². The molecule has 0 spiro atoms. The fourth-order valence-corrected chi connectivity index (χ4v) is 1.94. The van der Waals surface area contributed by atoms with Gasteiger partial charge in [0.15, 0.2) is 0 Å². The maximum atomic E-state index is 11.4. The number of hydrogen-bond donors (Lipinski definition) is 0. The summed E-state index contributed by atoms with van der Waals surface area (Å²) < 4.78 is 6.74. The van der Waals surface area contributed by atoms with Crippen LogP contribution in [0.5, 0.6) is 0 Å². The highest BCUT2D eigenvalue weighted by atomic mass is 16.5. The average molecular weight is 246 g/mol. The average Bonchev–Trinajstić information content (AvgIpc) is 2.63. The van der Waals surface area contributed by atoms with Gasteiger partial charge in [-0.1, -0.05) is 6.92 Å². The Morgan fingerprint density at radius 2 is 2.22 bits per heavy atom. The number of nitriles is 1. The van der Waals surface area contributed by atoms with E-state index in [0.29, 0.717) is 0 Å². The first-order valence-electron chi connectivity index (χ1n) is 5.92. The molecule has 0 unspecified atom stereocenters. The van der Waals surface area contributed by atoms with E-state index in [0.717, 1.165) is 29.9 Å². The lowest BCUT2D eigenvalue weighted by atomic mass is 10.1. The number of aromatic nitrogens is 1. The van der Waals surface area contributed by atoms with E-state index in [4.69, 9.17) is 5.26 Å². The first-order valence-corrected chi connectivity index (χ1v) is 5.92. The second-order valence-electron chi connectivity index (χ2n) is 4.14. The first kappa shape index (κ1) is 14.0. The van der Waals surface area contributed by atoms with E-state index >= 15 is 0 Å². The molecule has 4 heteroatoms. The van der Waals surface area contributed by atoms with Crippen molar-refractivity contribution in [2.24, 2.45) is 0 Å². The van der Waals surface area contributed by atoms with Crippen molar-refractivity contribution in [3.05, 3.63) is 28.6 Å². The van der Waals surface area contributed by atoms with E-state index in [9.17, 15) is 4.79 Å². The van der Waals surface area contributed by atoms with Gasteiger partial charge in [0, 0.05) is 17.9 Å². The standard InChI is InChI=1S/C14H18N2O2/c1-5-6-16-10(2)7-12(11(16)3)8-13(9-15)14(17)18-4/h7-8H,5-6H2,1-4H3/b13-8+. The highest BCUT2D eigenvalue weighted by molar-refractivity contribution is 5.97. The Hall–Kier alpha value is -2.02. The summed E-state index contributed by atoms with van der Waals surface area (Å²) in [5.41, 5.74) is 3.10. The molecule has 0 aromatic carbocycles. The quantitative estimate of drug-likeness (QED) is 0.466. The van der Waals surface area contributed by atoms with Gasteiger partial charge in [-0.25, -0.2) is 4.79 Å². The lowest BCUT2D eigenvalue weighted by Gasteiger charge is -2.06. The number of methoxy groups -OCH3 is 1. The highest BCUT2D eigenvalue weighted by Gasteiger charge is 2.12. The van der Waals surface area contributed by atoms with Crippen molar-refractivity contribution in [1.29, 1.82) is 5.26 Å². The van der Waals surface area contributed by atoms with Gasteiger partial charge in [0.2, 0.25) is 0 Å². The van der Waals surface area contributed by atoms with Gasteiger partial charge in [-0.15, -0.1) is 0 Å². The van der Waals surface area contributed by atoms with Crippen LogP contribution < -0.4 is 0 Å². The van der Waals surface area contributed by atoms with Crippen LogP contribution in [0.4, 0.5) is 0 Å². The SMILES string of the molecule is CCCn1c(C)cc(/C=C(\C#N)C(=O)OC)c1C. The van der Waals surface area contributed by atoms with Crippen LogP contribution in [0.3, 0.4) is 0 Å². The van der Waals surface area contributed by atoms with Crippen LogP contribution in [-0.2, 0) is 16.1 Å². The van der Waals surface area contributed by atoms with Gasteiger partial charge < -0.3 is 9.30 Å². The smallest absolute Gasteiger partial charge is 0.348 e. The second-order valence-corrected chi connectivity index (χ2v) is 4.14. The molecule has 0 aliphatic rings. The molecule has 18 heavy (non-hydrogen) atoms. The summed E-state index contributed by atoms with van der Waals surface area (Å²) in [6.45, 7) is 7.06. The zero-order chi connectivity index (χ0) is 13.7. The fraction of sp³-hybridized carbons (Fsp3) is 0.429. The van der Waals surface area contributed by atoms with E-state index in [2.05, 4.69) is 16.2 Å². The molecule has 0 bridgehead atoms. The van der Waals surface area contributed by atoms with Crippen LogP contribution in [0, 0.1) is 25.2 Å². The molecule has 0 atom stereocenters. The van der Waals surface area contributed by atoms with E-state index < -0.39 is 5.97 Å². The summed E-state index contributed by atoms with van der Waals surface area (Å²) in [7, 11) is 1.27. The summed E-state index contributed by atoms with van der Waals surface area (Å²) in [6, 6.07) is 3.84. The Labute approximate surface area is 107 Å². The largest absolute Gasteiger partial charge is 0.465 e. The number of carbonyl (C=O) groups is 1. The molecular formula is C14H18N2O2. The van der Waals surface area contributed by atoms with Crippen molar-refractivity contribution in [2.75, 3.05) is 7.11 Å².